The Kier molecular flexibility index (Phi) is 4.86. The van der Waals surface area contributed by atoms with Crippen LogP contribution in [0.1, 0.15) is 31.2 Å². The summed E-state index contributed by atoms with van der Waals surface area (Å²) >= 11 is 9.50. The molecule has 1 N–H and O–H groups in total. The predicted molar refractivity (Wildman–Crippen MR) is 72.2 cm³/mol. The fraction of sp³-hybridized carbons (Fsp3) is 0.538. The summed E-state index contributed by atoms with van der Waals surface area (Å²) in [5.41, 5.74) is 1.01. The van der Waals surface area contributed by atoms with E-state index in [0.717, 1.165) is 40.7 Å². The molecular formula is C13H16BrClO2. The number of hydrogen-bond acceptors (Lipinski definition) is 2. The Morgan fingerprint density at radius 1 is 1.29 bits per heavy atom. The Bertz CT molecular complexity index is 376. The lowest BCUT2D eigenvalue weighted by Crippen LogP contribution is -2.24. The van der Waals surface area contributed by atoms with Crippen molar-refractivity contribution in [3.63, 3.8) is 0 Å². The quantitative estimate of drug-likeness (QED) is 0.915. The molecule has 1 aromatic rings. The van der Waals surface area contributed by atoms with Crippen molar-refractivity contribution in [2.75, 3.05) is 0 Å². The van der Waals surface area contributed by atoms with E-state index in [9.17, 15) is 5.11 Å². The molecule has 2 rings (SSSR count). The molecule has 0 saturated heterocycles. The van der Waals surface area contributed by atoms with Gasteiger partial charge >= 0.3 is 0 Å². The van der Waals surface area contributed by atoms with Gasteiger partial charge < -0.3 is 9.84 Å². The second-order valence-electron chi connectivity index (χ2n) is 4.48. The SMILES string of the molecule is OC1CCC(OCc2ccc(Br)cc2Cl)CC1. The van der Waals surface area contributed by atoms with Crippen LogP contribution in [0.5, 0.6) is 0 Å². The Labute approximate surface area is 115 Å². The minimum absolute atomic E-state index is 0.133. The first-order valence-electron chi connectivity index (χ1n) is 5.89. The van der Waals surface area contributed by atoms with Gasteiger partial charge in [-0.15, -0.1) is 0 Å². The summed E-state index contributed by atoms with van der Waals surface area (Å²) < 4.78 is 6.81. The van der Waals surface area contributed by atoms with E-state index >= 15 is 0 Å². The largest absolute Gasteiger partial charge is 0.393 e. The molecule has 1 aromatic carbocycles. The van der Waals surface area contributed by atoms with E-state index in [1.165, 1.54) is 0 Å². The molecule has 0 aromatic heterocycles. The van der Waals surface area contributed by atoms with Crippen LogP contribution in [0.15, 0.2) is 22.7 Å². The molecule has 17 heavy (non-hydrogen) atoms. The summed E-state index contributed by atoms with van der Waals surface area (Å²) in [5.74, 6) is 0. The van der Waals surface area contributed by atoms with Crippen LogP contribution < -0.4 is 0 Å². The topological polar surface area (TPSA) is 29.5 Å². The smallest absolute Gasteiger partial charge is 0.0735 e. The van der Waals surface area contributed by atoms with E-state index in [4.69, 9.17) is 16.3 Å². The van der Waals surface area contributed by atoms with Crippen LogP contribution in [0.2, 0.25) is 5.02 Å². The number of halogens is 2. The monoisotopic (exact) mass is 318 g/mol. The molecule has 0 heterocycles. The van der Waals surface area contributed by atoms with Gasteiger partial charge in [0.15, 0.2) is 0 Å². The van der Waals surface area contributed by atoms with Gasteiger partial charge in [-0.05, 0) is 43.4 Å². The van der Waals surface area contributed by atoms with Gasteiger partial charge in [0.25, 0.3) is 0 Å². The molecule has 1 aliphatic carbocycles. The zero-order valence-corrected chi connectivity index (χ0v) is 11.9. The van der Waals surface area contributed by atoms with Gasteiger partial charge in [0, 0.05) is 9.50 Å². The van der Waals surface area contributed by atoms with Gasteiger partial charge in [0.2, 0.25) is 0 Å². The summed E-state index contributed by atoms with van der Waals surface area (Å²) in [4.78, 5) is 0. The van der Waals surface area contributed by atoms with Crippen LogP contribution in [0, 0.1) is 0 Å². The second kappa shape index (κ2) is 6.19. The Morgan fingerprint density at radius 2 is 2.00 bits per heavy atom. The fourth-order valence-corrected chi connectivity index (χ4v) is 2.79. The Balaban J connectivity index is 1.85. The van der Waals surface area contributed by atoms with Crippen LogP contribution in [-0.2, 0) is 11.3 Å². The lowest BCUT2D eigenvalue weighted by atomic mass is 9.95. The Hall–Kier alpha value is -0.0900. The van der Waals surface area contributed by atoms with Crippen molar-refractivity contribution < 1.29 is 9.84 Å². The molecule has 1 aliphatic rings. The highest BCUT2D eigenvalue weighted by molar-refractivity contribution is 9.10. The van der Waals surface area contributed by atoms with E-state index in [0.29, 0.717) is 6.61 Å². The highest BCUT2D eigenvalue weighted by Crippen LogP contribution is 2.25. The Morgan fingerprint density at radius 3 is 2.65 bits per heavy atom. The molecule has 94 valence electrons. The summed E-state index contributed by atoms with van der Waals surface area (Å²) in [6, 6.07) is 5.82. The minimum atomic E-state index is -0.133. The normalized spacial score (nSPS) is 24.9. The summed E-state index contributed by atoms with van der Waals surface area (Å²) in [7, 11) is 0. The van der Waals surface area contributed by atoms with E-state index in [1.54, 1.807) is 0 Å². The molecule has 1 saturated carbocycles. The maximum atomic E-state index is 9.40. The van der Waals surface area contributed by atoms with Crippen molar-refractivity contribution >= 4 is 27.5 Å². The maximum Gasteiger partial charge on any atom is 0.0735 e. The molecule has 0 atom stereocenters. The third kappa shape index (κ3) is 3.95. The first-order valence-corrected chi connectivity index (χ1v) is 7.06. The predicted octanol–water partition coefficient (Wildman–Crippen LogP) is 3.92. The van der Waals surface area contributed by atoms with E-state index in [1.807, 2.05) is 18.2 Å². The van der Waals surface area contributed by atoms with Gasteiger partial charge in [0.05, 0.1) is 18.8 Å². The second-order valence-corrected chi connectivity index (χ2v) is 5.80. The zero-order chi connectivity index (χ0) is 12.3. The minimum Gasteiger partial charge on any atom is -0.393 e. The van der Waals surface area contributed by atoms with Gasteiger partial charge in [0.1, 0.15) is 0 Å². The molecule has 0 spiro atoms. The van der Waals surface area contributed by atoms with Crippen molar-refractivity contribution in [1.82, 2.24) is 0 Å². The molecule has 1 fully saturated rings. The average molecular weight is 320 g/mol. The highest BCUT2D eigenvalue weighted by atomic mass is 79.9. The highest BCUT2D eigenvalue weighted by Gasteiger charge is 2.19. The number of ether oxygens (including phenoxy) is 1. The average Bonchev–Trinajstić information content (AvgIpc) is 2.30. The summed E-state index contributed by atoms with van der Waals surface area (Å²) in [6.45, 7) is 0.548. The number of rotatable bonds is 3. The molecule has 0 bridgehead atoms. The van der Waals surface area contributed by atoms with Crippen LogP contribution in [0.3, 0.4) is 0 Å². The van der Waals surface area contributed by atoms with Gasteiger partial charge in [-0.25, -0.2) is 0 Å². The lowest BCUT2D eigenvalue weighted by molar-refractivity contribution is -0.0118. The number of aliphatic hydroxyl groups excluding tert-OH is 1. The van der Waals surface area contributed by atoms with Crippen molar-refractivity contribution in [1.29, 1.82) is 0 Å². The molecule has 4 heteroatoms. The molecule has 0 unspecified atom stereocenters. The van der Waals surface area contributed by atoms with Crippen LogP contribution in [0.4, 0.5) is 0 Å². The molecular weight excluding hydrogens is 303 g/mol. The molecule has 0 aliphatic heterocycles. The van der Waals surface area contributed by atoms with E-state index in [2.05, 4.69) is 15.9 Å². The van der Waals surface area contributed by atoms with Crippen molar-refractivity contribution in [3.8, 4) is 0 Å². The van der Waals surface area contributed by atoms with Gasteiger partial charge in [-0.1, -0.05) is 33.6 Å². The zero-order valence-electron chi connectivity index (χ0n) is 9.53. The van der Waals surface area contributed by atoms with Crippen molar-refractivity contribution in [2.45, 2.75) is 44.5 Å². The summed E-state index contributed by atoms with van der Waals surface area (Å²) in [6.07, 6.45) is 3.70. The third-order valence-electron chi connectivity index (χ3n) is 3.13. The third-order valence-corrected chi connectivity index (χ3v) is 3.98. The number of hydrogen-bond donors (Lipinski definition) is 1. The van der Waals surface area contributed by atoms with E-state index < -0.39 is 0 Å². The fourth-order valence-electron chi connectivity index (χ4n) is 2.06. The maximum absolute atomic E-state index is 9.40. The number of aliphatic hydroxyl groups is 1. The van der Waals surface area contributed by atoms with E-state index in [-0.39, 0.29) is 12.2 Å². The van der Waals surface area contributed by atoms with Gasteiger partial charge in [-0.2, -0.15) is 0 Å². The van der Waals surface area contributed by atoms with Crippen molar-refractivity contribution in [3.05, 3.63) is 33.3 Å². The lowest BCUT2D eigenvalue weighted by Gasteiger charge is -2.25. The first kappa shape index (κ1) is 13.3. The summed E-state index contributed by atoms with van der Waals surface area (Å²) in [5, 5.41) is 10.1. The molecule has 0 amide bonds. The molecule has 2 nitrogen and oxygen atoms in total. The van der Waals surface area contributed by atoms with Crippen molar-refractivity contribution in [2.24, 2.45) is 0 Å². The first-order chi connectivity index (χ1) is 8.15. The van der Waals surface area contributed by atoms with Gasteiger partial charge in [-0.3, -0.25) is 0 Å². The van der Waals surface area contributed by atoms with Crippen LogP contribution >= 0.6 is 27.5 Å². The standard InChI is InChI=1S/C13H16BrClO2/c14-10-2-1-9(13(15)7-10)8-17-12-5-3-11(16)4-6-12/h1-2,7,11-12,16H,3-6,8H2. The van der Waals surface area contributed by atoms with Crippen LogP contribution in [-0.4, -0.2) is 17.3 Å². The molecule has 0 radical (unpaired) electrons. The van der Waals surface area contributed by atoms with Crippen LogP contribution in [0.25, 0.3) is 0 Å². The number of benzene rings is 1.